The van der Waals surface area contributed by atoms with E-state index in [1.54, 1.807) is 11.3 Å². The predicted octanol–water partition coefficient (Wildman–Crippen LogP) is 0.764. The molecule has 0 atom stereocenters. The molecule has 2 aliphatic rings. The highest BCUT2D eigenvalue weighted by atomic mass is 32.1. The van der Waals surface area contributed by atoms with Crippen molar-refractivity contribution in [2.75, 3.05) is 45.8 Å². The van der Waals surface area contributed by atoms with Gasteiger partial charge in [0.25, 0.3) is 5.91 Å². The van der Waals surface area contributed by atoms with Crippen LogP contribution in [0.15, 0.2) is 16.8 Å². The second-order valence-corrected chi connectivity index (χ2v) is 7.26. The molecule has 0 saturated carbocycles. The van der Waals surface area contributed by atoms with E-state index < -0.39 is 0 Å². The Morgan fingerprint density at radius 3 is 2.62 bits per heavy atom. The third kappa shape index (κ3) is 4.78. The van der Waals surface area contributed by atoms with Crippen LogP contribution in [-0.4, -0.2) is 73.5 Å². The number of amides is 2. The molecule has 6 nitrogen and oxygen atoms in total. The van der Waals surface area contributed by atoms with Crippen molar-refractivity contribution in [3.05, 3.63) is 22.4 Å². The van der Waals surface area contributed by atoms with E-state index in [9.17, 15) is 9.59 Å². The molecule has 0 unspecified atom stereocenters. The molecule has 3 rings (SSSR count). The van der Waals surface area contributed by atoms with Crippen molar-refractivity contribution in [1.82, 2.24) is 20.4 Å². The molecule has 132 valence electrons. The topological polar surface area (TPSA) is 64.7 Å². The van der Waals surface area contributed by atoms with Gasteiger partial charge in [-0.05, 0) is 24.3 Å². The summed E-state index contributed by atoms with van der Waals surface area (Å²) in [5, 5.41) is 10.2. The van der Waals surface area contributed by atoms with Gasteiger partial charge in [-0.1, -0.05) is 0 Å². The van der Waals surface area contributed by atoms with Crippen molar-refractivity contribution in [2.45, 2.75) is 25.3 Å². The van der Waals surface area contributed by atoms with Gasteiger partial charge < -0.3 is 20.4 Å². The Balaban J connectivity index is 1.34. The lowest BCUT2D eigenvalue weighted by atomic mass is 10.0. The molecule has 2 aliphatic heterocycles. The zero-order chi connectivity index (χ0) is 16.8. The third-order valence-electron chi connectivity index (χ3n) is 4.82. The summed E-state index contributed by atoms with van der Waals surface area (Å²) in [6, 6.07) is 2.11. The molecule has 2 amide bonds. The molecule has 2 fully saturated rings. The average molecular weight is 350 g/mol. The lowest BCUT2D eigenvalue weighted by Gasteiger charge is -2.33. The molecule has 3 heterocycles. The molecule has 2 N–H and O–H groups in total. The fourth-order valence-corrected chi connectivity index (χ4v) is 3.93. The summed E-state index contributed by atoms with van der Waals surface area (Å²) in [6.45, 7) is 6.19. The minimum atomic E-state index is 0.0311. The minimum Gasteiger partial charge on any atom is -0.349 e. The summed E-state index contributed by atoms with van der Waals surface area (Å²) >= 11 is 1.54. The van der Waals surface area contributed by atoms with Crippen LogP contribution in [0.5, 0.6) is 0 Å². The highest BCUT2D eigenvalue weighted by molar-refractivity contribution is 7.08. The Labute approximate surface area is 147 Å². The monoisotopic (exact) mass is 350 g/mol. The summed E-state index contributed by atoms with van der Waals surface area (Å²) in [7, 11) is 0. The first-order valence-electron chi connectivity index (χ1n) is 8.76. The van der Waals surface area contributed by atoms with Crippen molar-refractivity contribution in [1.29, 1.82) is 0 Å². The van der Waals surface area contributed by atoms with E-state index in [4.69, 9.17) is 0 Å². The number of carbonyl (C=O) groups is 2. The quantitative estimate of drug-likeness (QED) is 0.823. The van der Waals surface area contributed by atoms with Crippen LogP contribution in [0.4, 0.5) is 0 Å². The number of rotatable bonds is 5. The molecule has 1 aromatic rings. The number of hydrogen-bond acceptors (Lipinski definition) is 5. The SMILES string of the molecule is O=C(NC1CCN(CCC(=O)N2CCNCC2)CC1)c1ccsc1. The minimum absolute atomic E-state index is 0.0311. The third-order valence-corrected chi connectivity index (χ3v) is 5.50. The number of nitrogens with zero attached hydrogens (tertiary/aromatic N) is 2. The molecule has 0 spiro atoms. The largest absolute Gasteiger partial charge is 0.349 e. The first-order valence-corrected chi connectivity index (χ1v) is 9.70. The van der Waals surface area contributed by atoms with E-state index in [1.165, 1.54) is 0 Å². The number of carbonyl (C=O) groups excluding carboxylic acids is 2. The van der Waals surface area contributed by atoms with Gasteiger partial charge in [0.15, 0.2) is 0 Å². The number of piperazine rings is 1. The average Bonchev–Trinajstić information content (AvgIpc) is 3.16. The van der Waals surface area contributed by atoms with Crippen LogP contribution in [0.25, 0.3) is 0 Å². The van der Waals surface area contributed by atoms with Crippen molar-refractivity contribution in [2.24, 2.45) is 0 Å². The maximum atomic E-state index is 12.2. The number of nitrogens with one attached hydrogen (secondary N) is 2. The Bertz CT molecular complexity index is 535. The van der Waals surface area contributed by atoms with Crippen LogP contribution >= 0.6 is 11.3 Å². The second-order valence-electron chi connectivity index (χ2n) is 6.48. The molecule has 0 radical (unpaired) electrons. The van der Waals surface area contributed by atoms with E-state index in [2.05, 4.69) is 15.5 Å². The standard InChI is InChI=1S/C17H26N4O2S/c22-16(21-10-5-18-6-11-21)3-9-20-7-1-15(2-8-20)19-17(23)14-4-12-24-13-14/h4,12-13,15,18H,1-3,5-11H2,(H,19,23). The molecular weight excluding hydrogens is 324 g/mol. The van der Waals surface area contributed by atoms with E-state index in [0.29, 0.717) is 6.42 Å². The van der Waals surface area contributed by atoms with Crippen molar-refractivity contribution in [3.8, 4) is 0 Å². The number of likely N-dealkylation sites (tertiary alicyclic amines) is 1. The van der Waals surface area contributed by atoms with Gasteiger partial charge in [0.1, 0.15) is 0 Å². The van der Waals surface area contributed by atoms with Crippen LogP contribution in [0.2, 0.25) is 0 Å². The highest BCUT2D eigenvalue weighted by Gasteiger charge is 2.22. The zero-order valence-electron chi connectivity index (χ0n) is 14.0. The number of hydrogen-bond donors (Lipinski definition) is 2. The lowest BCUT2D eigenvalue weighted by molar-refractivity contribution is -0.132. The highest BCUT2D eigenvalue weighted by Crippen LogP contribution is 2.13. The second kappa shape index (κ2) is 8.60. The van der Waals surface area contributed by atoms with E-state index >= 15 is 0 Å². The Morgan fingerprint density at radius 2 is 1.96 bits per heavy atom. The van der Waals surface area contributed by atoms with Gasteiger partial charge in [0, 0.05) is 69.2 Å². The van der Waals surface area contributed by atoms with Crippen molar-refractivity contribution >= 4 is 23.2 Å². The molecule has 24 heavy (non-hydrogen) atoms. The Hall–Kier alpha value is -1.44. The van der Waals surface area contributed by atoms with E-state index in [1.807, 2.05) is 21.7 Å². The summed E-state index contributed by atoms with van der Waals surface area (Å²) in [5.74, 6) is 0.299. The summed E-state index contributed by atoms with van der Waals surface area (Å²) in [4.78, 5) is 28.6. The molecule has 0 aromatic carbocycles. The summed E-state index contributed by atoms with van der Waals surface area (Å²) in [5.41, 5.74) is 0.754. The molecule has 0 bridgehead atoms. The van der Waals surface area contributed by atoms with Crippen LogP contribution in [0.1, 0.15) is 29.6 Å². The first kappa shape index (κ1) is 17.4. The normalized spacial score (nSPS) is 20.1. The van der Waals surface area contributed by atoms with Gasteiger partial charge in [-0.15, -0.1) is 0 Å². The predicted molar refractivity (Wildman–Crippen MR) is 95.3 cm³/mol. The number of piperidine rings is 1. The van der Waals surface area contributed by atoms with E-state index in [-0.39, 0.29) is 17.9 Å². The smallest absolute Gasteiger partial charge is 0.252 e. The summed E-state index contributed by atoms with van der Waals surface area (Å²) < 4.78 is 0. The van der Waals surface area contributed by atoms with Crippen molar-refractivity contribution in [3.63, 3.8) is 0 Å². The van der Waals surface area contributed by atoms with Gasteiger partial charge in [0.2, 0.25) is 5.91 Å². The molecular formula is C17H26N4O2S. The maximum Gasteiger partial charge on any atom is 0.252 e. The fraction of sp³-hybridized carbons (Fsp3) is 0.647. The molecule has 0 aliphatic carbocycles. The molecule has 7 heteroatoms. The Kier molecular flexibility index (Phi) is 6.23. The van der Waals surface area contributed by atoms with Crippen LogP contribution < -0.4 is 10.6 Å². The van der Waals surface area contributed by atoms with Gasteiger partial charge in [-0.2, -0.15) is 11.3 Å². The van der Waals surface area contributed by atoms with Crippen LogP contribution in [0.3, 0.4) is 0 Å². The zero-order valence-corrected chi connectivity index (χ0v) is 14.8. The lowest BCUT2D eigenvalue weighted by Crippen LogP contribution is -2.48. The first-order chi connectivity index (χ1) is 11.7. The molecule has 1 aromatic heterocycles. The maximum absolute atomic E-state index is 12.2. The van der Waals surface area contributed by atoms with Crippen LogP contribution in [-0.2, 0) is 4.79 Å². The summed E-state index contributed by atoms with van der Waals surface area (Å²) in [6.07, 6.45) is 2.52. The van der Waals surface area contributed by atoms with Gasteiger partial charge in [0.05, 0.1) is 0 Å². The van der Waals surface area contributed by atoms with E-state index in [0.717, 1.165) is 64.2 Å². The fourth-order valence-electron chi connectivity index (χ4n) is 3.29. The van der Waals surface area contributed by atoms with Crippen LogP contribution in [0, 0.1) is 0 Å². The van der Waals surface area contributed by atoms with Gasteiger partial charge >= 0.3 is 0 Å². The number of thiophene rings is 1. The molecule has 2 saturated heterocycles. The van der Waals surface area contributed by atoms with Gasteiger partial charge in [-0.3, -0.25) is 9.59 Å². The Morgan fingerprint density at radius 1 is 1.21 bits per heavy atom. The van der Waals surface area contributed by atoms with Gasteiger partial charge in [-0.25, -0.2) is 0 Å². The van der Waals surface area contributed by atoms with Crippen molar-refractivity contribution < 1.29 is 9.59 Å².